The lowest BCUT2D eigenvalue weighted by molar-refractivity contribution is -0.123. The van der Waals surface area contributed by atoms with E-state index in [1.165, 1.54) is 6.21 Å². The van der Waals surface area contributed by atoms with Gasteiger partial charge in [-0.05, 0) is 50.1 Å². The maximum atomic E-state index is 12.8. The van der Waals surface area contributed by atoms with Crippen LogP contribution in [0.5, 0.6) is 0 Å². The van der Waals surface area contributed by atoms with E-state index in [0.29, 0.717) is 5.02 Å². The van der Waals surface area contributed by atoms with Gasteiger partial charge in [-0.2, -0.15) is 5.10 Å². The molecule has 0 aliphatic carbocycles. The van der Waals surface area contributed by atoms with Gasteiger partial charge in [0.25, 0.3) is 5.91 Å². The minimum absolute atomic E-state index is 0.266. The Morgan fingerprint density at radius 2 is 1.97 bits per heavy atom. The molecule has 2 aromatic carbocycles. The third kappa shape index (κ3) is 6.58. The van der Waals surface area contributed by atoms with Crippen molar-refractivity contribution in [2.45, 2.75) is 38.8 Å². The Morgan fingerprint density at radius 1 is 1.19 bits per heavy atom. The number of alkyl carbamates (subject to hydrolysis) is 1. The molecule has 0 bridgehead atoms. The Labute approximate surface area is 185 Å². The molecule has 0 aliphatic heterocycles. The molecular formula is C23H25ClN4O3. The molecule has 31 heavy (non-hydrogen) atoms. The van der Waals surface area contributed by atoms with Crippen LogP contribution < -0.4 is 10.7 Å². The van der Waals surface area contributed by atoms with Crippen molar-refractivity contribution in [2.24, 2.45) is 5.10 Å². The Bertz CT molecular complexity index is 1100. The molecule has 0 aliphatic rings. The number of fused-ring (bicyclic) bond motifs is 1. The number of carbonyl (C=O) groups excluding carboxylic acids is 2. The summed E-state index contributed by atoms with van der Waals surface area (Å²) < 4.78 is 5.32. The van der Waals surface area contributed by atoms with Crippen molar-refractivity contribution in [2.75, 3.05) is 0 Å². The molecule has 7 nitrogen and oxygen atoms in total. The van der Waals surface area contributed by atoms with Gasteiger partial charge >= 0.3 is 6.09 Å². The molecule has 3 aromatic rings. The van der Waals surface area contributed by atoms with Gasteiger partial charge in [0, 0.05) is 28.5 Å². The third-order valence-electron chi connectivity index (χ3n) is 4.34. The highest BCUT2D eigenvalue weighted by Gasteiger charge is 2.25. The number of ether oxygens (including phenoxy) is 1. The smallest absolute Gasteiger partial charge is 0.408 e. The average molecular weight is 441 g/mol. The van der Waals surface area contributed by atoms with Crippen LogP contribution in [0.2, 0.25) is 5.02 Å². The Kier molecular flexibility index (Phi) is 6.97. The van der Waals surface area contributed by atoms with Gasteiger partial charge in [-0.3, -0.25) is 4.79 Å². The van der Waals surface area contributed by atoms with Crippen LogP contribution >= 0.6 is 11.6 Å². The van der Waals surface area contributed by atoms with Crippen LogP contribution in [0.4, 0.5) is 4.79 Å². The number of carbonyl (C=O) groups is 2. The van der Waals surface area contributed by atoms with Gasteiger partial charge in [0.05, 0.1) is 6.21 Å². The quantitative estimate of drug-likeness (QED) is 0.391. The van der Waals surface area contributed by atoms with Crippen molar-refractivity contribution in [1.82, 2.24) is 15.7 Å². The van der Waals surface area contributed by atoms with Gasteiger partial charge < -0.3 is 15.0 Å². The predicted molar refractivity (Wildman–Crippen MR) is 122 cm³/mol. The van der Waals surface area contributed by atoms with Crippen molar-refractivity contribution in [3.05, 3.63) is 70.9 Å². The van der Waals surface area contributed by atoms with E-state index in [2.05, 4.69) is 20.8 Å². The van der Waals surface area contributed by atoms with E-state index in [9.17, 15) is 9.59 Å². The molecule has 0 saturated carbocycles. The van der Waals surface area contributed by atoms with E-state index < -0.39 is 23.6 Å². The minimum Gasteiger partial charge on any atom is -0.444 e. The molecule has 1 atom stereocenters. The Balaban J connectivity index is 1.75. The highest BCUT2D eigenvalue weighted by atomic mass is 35.5. The van der Waals surface area contributed by atoms with Crippen LogP contribution in [-0.2, 0) is 16.0 Å². The van der Waals surface area contributed by atoms with E-state index in [-0.39, 0.29) is 6.42 Å². The van der Waals surface area contributed by atoms with E-state index in [0.717, 1.165) is 22.0 Å². The molecule has 0 spiro atoms. The number of hydrogen-bond donors (Lipinski definition) is 3. The normalized spacial score (nSPS) is 12.6. The lowest BCUT2D eigenvalue weighted by Crippen LogP contribution is -2.48. The Hall–Kier alpha value is -3.32. The largest absolute Gasteiger partial charge is 0.444 e. The SMILES string of the molecule is CC(C)(C)OC(=O)N[C@@H](Cc1c[nH]c2ccccc12)C(=O)N/N=C/c1cccc(Cl)c1. The van der Waals surface area contributed by atoms with E-state index in [1.54, 1.807) is 39.0 Å². The molecule has 2 amide bonds. The summed E-state index contributed by atoms with van der Waals surface area (Å²) in [6.45, 7) is 5.28. The highest BCUT2D eigenvalue weighted by molar-refractivity contribution is 6.30. The first kappa shape index (κ1) is 22.4. The molecule has 1 aromatic heterocycles. The summed E-state index contributed by atoms with van der Waals surface area (Å²) >= 11 is 5.96. The second-order valence-corrected chi connectivity index (χ2v) is 8.49. The number of para-hydroxylation sites is 1. The van der Waals surface area contributed by atoms with Crippen molar-refractivity contribution < 1.29 is 14.3 Å². The van der Waals surface area contributed by atoms with Crippen LogP contribution in [0.3, 0.4) is 0 Å². The van der Waals surface area contributed by atoms with Crippen molar-refractivity contribution >= 4 is 40.7 Å². The molecule has 3 rings (SSSR count). The number of rotatable bonds is 6. The topological polar surface area (TPSA) is 95.6 Å². The summed E-state index contributed by atoms with van der Waals surface area (Å²) in [5.41, 5.74) is 4.39. The van der Waals surface area contributed by atoms with Gasteiger partial charge in [0.15, 0.2) is 0 Å². The van der Waals surface area contributed by atoms with Crippen LogP contribution in [0, 0.1) is 0 Å². The number of aromatic amines is 1. The number of nitrogens with one attached hydrogen (secondary N) is 3. The molecule has 1 heterocycles. The predicted octanol–water partition coefficient (Wildman–Crippen LogP) is 4.41. The maximum absolute atomic E-state index is 12.8. The first-order valence-electron chi connectivity index (χ1n) is 9.84. The summed E-state index contributed by atoms with van der Waals surface area (Å²) in [6.07, 6.45) is 2.91. The fourth-order valence-electron chi connectivity index (χ4n) is 3.01. The molecule has 162 valence electrons. The number of nitrogens with zero attached hydrogens (tertiary/aromatic N) is 1. The summed E-state index contributed by atoms with van der Waals surface area (Å²) in [4.78, 5) is 28.3. The molecular weight excluding hydrogens is 416 g/mol. The zero-order valence-corrected chi connectivity index (χ0v) is 18.4. The van der Waals surface area contributed by atoms with E-state index in [4.69, 9.17) is 16.3 Å². The van der Waals surface area contributed by atoms with E-state index in [1.807, 2.05) is 36.5 Å². The second kappa shape index (κ2) is 9.66. The Morgan fingerprint density at radius 3 is 2.71 bits per heavy atom. The van der Waals surface area contributed by atoms with Crippen LogP contribution in [0.15, 0.2) is 59.8 Å². The standard InChI is InChI=1S/C23H25ClN4O3/c1-23(2,3)31-22(30)27-20(12-16-14-25-19-10-5-4-9-18(16)19)21(29)28-26-13-15-7-6-8-17(24)11-15/h4-11,13-14,20,25H,12H2,1-3H3,(H,27,30)(H,28,29)/b26-13+/t20-/m0/s1. The van der Waals surface area contributed by atoms with Crippen LogP contribution in [-0.4, -0.2) is 34.8 Å². The van der Waals surface area contributed by atoms with Crippen LogP contribution in [0.25, 0.3) is 10.9 Å². The minimum atomic E-state index is -0.884. The fraction of sp³-hybridized carbons (Fsp3) is 0.261. The van der Waals surface area contributed by atoms with Crippen molar-refractivity contribution in [3.8, 4) is 0 Å². The number of hydrogen-bond acceptors (Lipinski definition) is 4. The molecule has 3 N–H and O–H groups in total. The number of aromatic nitrogens is 1. The monoisotopic (exact) mass is 440 g/mol. The first-order valence-corrected chi connectivity index (χ1v) is 10.2. The molecule has 8 heteroatoms. The maximum Gasteiger partial charge on any atom is 0.408 e. The van der Waals surface area contributed by atoms with Gasteiger partial charge in [0.1, 0.15) is 11.6 Å². The number of hydrazone groups is 1. The van der Waals surface area contributed by atoms with Gasteiger partial charge in [-0.25, -0.2) is 10.2 Å². The summed E-state index contributed by atoms with van der Waals surface area (Å²) in [5, 5.41) is 8.19. The molecule has 0 radical (unpaired) electrons. The van der Waals surface area contributed by atoms with Gasteiger partial charge in [-0.1, -0.05) is 41.9 Å². The molecule has 0 fully saturated rings. The fourth-order valence-corrected chi connectivity index (χ4v) is 3.21. The van der Waals surface area contributed by atoms with Gasteiger partial charge in [-0.15, -0.1) is 0 Å². The number of H-pyrrole nitrogens is 1. The first-order chi connectivity index (χ1) is 14.7. The van der Waals surface area contributed by atoms with Crippen molar-refractivity contribution in [1.29, 1.82) is 0 Å². The number of benzene rings is 2. The molecule has 0 unspecified atom stereocenters. The number of amides is 2. The second-order valence-electron chi connectivity index (χ2n) is 8.05. The van der Waals surface area contributed by atoms with Crippen molar-refractivity contribution in [3.63, 3.8) is 0 Å². The average Bonchev–Trinajstić information content (AvgIpc) is 3.09. The lowest BCUT2D eigenvalue weighted by Gasteiger charge is -2.22. The summed E-state index contributed by atoms with van der Waals surface area (Å²) in [7, 11) is 0. The number of halogens is 1. The lowest BCUT2D eigenvalue weighted by atomic mass is 10.0. The van der Waals surface area contributed by atoms with Gasteiger partial charge in [0.2, 0.25) is 0 Å². The zero-order valence-electron chi connectivity index (χ0n) is 17.6. The van der Waals surface area contributed by atoms with E-state index >= 15 is 0 Å². The summed E-state index contributed by atoms with van der Waals surface area (Å²) in [6, 6.07) is 13.9. The van der Waals surface area contributed by atoms with Crippen LogP contribution in [0.1, 0.15) is 31.9 Å². The third-order valence-corrected chi connectivity index (χ3v) is 4.58. The zero-order chi connectivity index (χ0) is 22.4. The molecule has 0 saturated heterocycles. The summed E-state index contributed by atoms with van der Waals surface area (Å²) in [5.74, 6) is -0.464. The highest BCUT2D eigenvalue weighted by Crippen LogP contribution is 2.19.